The van der Waals surface area contributed by atoms with Gasteiger partial charge in [0, 0.05) is 18.9 Å². The number of unbranched alkanes of at least 4 members (excludes halogenated alkanes) is 4. The lowest BCUT2D eigenvalue weighted by Gasteiger charge is -2.17. The van der Waals surface area contributed by atoms with Crippen molar-refractivity contribution in [3.8, 4) is 0 Å². The van der Waals surface area contributed by atoms with Crippen LogP contribution in [0.1, 0.15) is 64.4 Å². The van der Waals surface area contributed by atoms with Crippen LogP contribution in [0.3, 0.4) is 0 Å². The van der Waals surface area contributed by atoms with Crippen LogP contribution in [0.15, 0.2) is 35.3 Å². The molecule has 0 spiro atoms. The van der Waals surface area contributed by atoms with Crippen LogP contribution in [0.25, 0.3) is 0 Å². The maximum Gasteiger partial charge on any atom is 0.302 e. The molecule has 5 nitrogen and oxygen atoms in total. The van der Waals surface area contributed by atoms with Gasteiger partial charge >= 0.3 is 5.97 Å². The van der Waals surface area contributed by atoms with Gasteiger partial charge in [-0.05, 0) is 25.0 Å². The van der Waals surface area contributed by atoms with Gasteiger partial charge in [-0.3, -0.25) is 4.79 Å². The molecule has 0 bridgehead atoms. The average Bonchev–Trinajstić information content (AvgIpc) is 3.14. The van der Waals surface area contributed by atoms with E-state index in [2.05, 4.69) is 11.9 Å². The molecule has 0 aromatic heterocycles. The van der Waals surface area contributed by atoms with Gasteiger partial charge in [-0.1, -0.05) is 50.8 Å². The lowest BCUT2D eigenvalue weighted by Crippen LogP contribution is -2.21. The zero-order chi connectivity index (χ0) is 19.3. The predicted octanol–water partition coefficient (Wildman–Crippen LogP) is 4.53. The quantitative estimate of drug-likeness (QED) is 0.375. The minimum atomic E-state index is -0.213. The van der Waals surface area contributed by atoms with Crippen molar-refractivity contribution in [1.82, 2.24) is 0 Å². The van der Waals surface area contributed by atoms with Gasteiger partial charge in [0.25, 0.3) is 0 Å². The van der Waals surface area contributed by atoms with E-state index in [1.807, 2.05) is 30.3 Å². The van der Waals surface area contributed by atoms with Gasteiger partial charge in [0.2, 0.25) is 5.90 Å². The van der Waals surface area contributed by atoms with Crippen LogP contribution in [0.5, 0.6) is 0 Å². The second-order valence-electron chi connectivity index (χ2n) is 7.06. The number of benzene rings is 1. The number of nitrogens with zero attached hydrogens (tertiary/aromatic N) is 1. The summed E-state index contributed by atoms with van der Waals surface area (Å²) >= 11 is 0. The third kappa shape index (κ3) is 8.57. The number of hydrogen-bond acceptors (Lipinski definition) is 5. The summed E-state index contributed by atoms with van der Waals surface area (Å²) in [6.45, 7) is 5.33. The maximum atomic E-state index is 11.3. The number of carbonyl (C=O) groups is 1. The molecule has 0 fully saturated rings. The van der Waals surface area contributed by atoms with Crippen LogP contribution in [0.2, 0.25) is 0 Å². The Morgan fingerprint density at radius 1 is 1.19 bits per heavy atom. The normalized spacial score (nSPS) is 17.3. The van der Waals surface area contributed by atoms with Gasteiger partial charge in [-0.15, -0.1) is 0 Å². The predicted molar refractivity (Wildman–Crippen MR) is 107 cm³/mol. The summed E-state index contributed by atoms with van der Waals surface area (Å²) in [5.41, 5.74) is 0.998. The number of aliphatic imine (C=N–C) groups is 1. The van der Waals surface area contributed by atoms with E-state index in [1.165, 1.54) is 32.6 Å². The van der Waals surface area contributed by atoms with Gasteiger partial charge in [-0.25, -0.2) is 4.99 Å². The Labute approximate surface area is 163 Å². The summed E-state index contributed by atoms with van der Waals surface area (Å²) in [6.07, 6.45) is 7.65. The SMILES string of the molecule is CCCCCCCC(CCOCC1COC(c2ccccc2)=N1)OC(C)=O. The first-order valence-corrected chi connectivity index (χ1v) is 10.2. The van der Waals surface area contributed by atoms with Crippen molar-refractivity contribution in [3.05, 3.63) is 35.9 Å². The van der Waals surface area contributed by atoms with E-state index in [1.54, 1.807) is 0 Å². The lowest BCUT2D eigenvalue weighted by molar-refractivity contribution is -0.147. The molecule has 0 aliphatic carbocycles. The summed E-state index contributed by atoms with van der Waals surface area (Å²) in [6, 6.07) is 9.94. The van der Waals surface area contributed by atoms with Crippen LogP contribution >= 0.6 is 0 Å². The van der Waals surface area contributed by atoms with Crippen LogP contribution in [-0.4, -0.2) is 43.8 Å². The zero-order valence-corrected chi connectivity index (χ0v) is 16.7. The van der Waals surface area contributed by atoms with Crippen molar-refractivity contribution in [2.24, 2.45) is 4.99 Å². The summed E-state index contributed by atoms with van der Waals surface area (Å²) in [7, 11) is 0. The van der Waals surface area contributed by atoms with E-state index in [-0.39, 0.29) is 18.1 Å². The molecular formula is C22H33NO4. The molecule has 1 aliphatic rings. The highest BCUT2D eigenvalue weighted by Crippen LogP contribution is 2.14. The van der Waals surface area contributed by atoms with E-state index in [0.29, 0.717) is 25.7 Å². The summed E-state index contributed by atoms with van der Waals surface area (Å²) in [5.74, 6) is 0.476. The zero-order valence-electron chi connectivity index (χ0n) is 16.7. The monoisotopic (exact) mass is 375 g/mol. The minimum absolute atomic E-state index is 0.0291. The molecule has 0 N–H and O–H groups in total. The molecular weight excluding hydrogens is 342 g/mol. The highest BCUT2D eigenvalue weighted by atomic mass is 16.5. The Balaban J connectivity index is 1.65. The number of hydrogen-bond donors (Lipinski definition) is 0. The second kappa shape index (κ2) is 12.5. The Morgan fingerprint density at radius 2 is 1.96 bits per heavy atom. The average molecular weight is 376 g/mol. The van der Waals surface area contributed by atoms with Crippen molar-refractivity contribution in [2.45, 2.75) is 70.9 Å². The van der Waals surface area contributed by atoms with Crippen LogP contribution in [0, 0.1) is 0 Å². The minimum Gasteiger partial charge on any atom is -0.475 e. The molecule has 2 unspecified atom stereocenters. The fourth-order valence-corrected chi connectivity index (χ4v) is 3.15. The molecule has 27 heavy (non-hydrogen) atoms. The Morgan fingerprint density at radius 3 is 2.70 bits per heavy atom. The topological polar surface area (TPSA) is 57.1 Å². The Hall–Kier alpha value is -1.88. The van der Waals surface area contributed by atoms with Gasteiger partial charge in [0.1, 0.15) is 18.8 Å². The van der Waals surface area contributed by atoms with Gasteiger partial charge in [0.05, 0.1) is 13.2 Å². The number of ether oxygens (including phenoxy) is 3. The fourth-order valence-electron chi connectivity index (χ4n) is 3.15. The fraction of sp³-hybridized carbons (Fsp3) is 0.636. The third-order valence-electron chi connectivity index (χ3n) is 4.59. The number of esters is 1. The molecule has 2 atom stereocenters. The molecule has 5 heteroatoms. The molecule has 1 aliphatic heterocycles. The van der Waals surface area contributed by atoms with Crippen LogP contribution in [0.4, 0.5) is 0 Å². The third-order valence-corrected chi connectivity index (χ3v) is 4.59. The van der Waals surface area contributed by atoms with Crippen molar-refractivity contribution >= 4 is 11.9 Å². The molecule has 1 aromatic carbocycles. The molecule has 0 amide bonds. The van der Waals surface area contributed by atoms with E-state index >= 15 is 0 Å². The van der Waals surface area contributed by atoms with E-state index in [4.69, 9.17) is 14.2 Å². The van der Waals surface area contributed by atoms with E-state index < -0.39 is 0 Å². The number of carbonyl (C=O) groups excluding carboxylic acids is 1. The molecule has 0 radical (unpaired) electrons. The highest BCUT2D eigenvalue weighted by molar-refractivity contribution is 5.95. The molecule has 2 rings (SSSR count). The van der Waals surface area contributed by atoms with E-state index in [9.17, 15) is 4.79 Å². The molecule has 0 saturated carbocycles. The maximum absolute atomic E-state index is 11.3. The van der Waals surface area contributed by atoms with Crippen molar-refractivity contribution in [2.75, 3.05) is 19.8 Å². The van der Waals surface area contributed by atoms with Gasteiger partial charge in [-0.2, -0.15) is 0 Å². The molecule has 150 valence electrons. The first-order chi connectivity index (χ1) is 13.2. The van der Waals surface area contributed by atoms with Crippen molar-refractivity contribution < 1.29 is 19.0 Å². The van der Waals surface area contributed by atoms with Crippen molar-refractivity contribution in [3.63, 3.8) is 0 Å². The largest absolute Gasteiger partial charge is 0.475 e. The molecule has 1 heterocycles. The highest BCUT2D eigenvalue weighted by Gasteiger charge is 2.20. The van der Waals surface area contributed by atoms with E-state index in [0.717, 1.165) is 24.8 Å². The van der Waals surface area contributed by atoms with Crippen LogP contribution in [-0.2, 0) is 19.0 Å². The van der Waals surface area contributed by atoms with Crippen LogP contribution < -0.4 is 0 Å². The standard InChI is InChI=1S/C22H33NO4/c1-3-4-5-6-10-13-21(27-18(2)24)14-15-25-16-20-17-26-22(23-20)19-11-8-7-9-12-19/h7-9,11-12,20-21H,3-6,10,13-17H2,1-2H3. The first-order valence-electron chi connectivity index (χ1n) is 10.2. The van der Waals surface area contributed by atoms with Gasteiger partial charge in [0.15, 0.2) is 0 Å². The summed E-state index contributed by atoms with van der Waals surface area (Å²) in [5, 5.41) is 0. The Bertz CT molecular complexity index is 573. The lowest BCUT2D eigenvalue weighted by atomic mass is 10.1. The molecule has 1 aromatic rings. The van der Waals surface area contributed by atoms with Gasteiger partial charge < -0.3 is 14.2 Å². The second-order valence-corrected chi connectivity index (χ2v) is 7.06. The molecule has 0 saturated heterocycles. The summed E-state index contributed by atoms with van der Waals surface area (Å²) in [4.78, 5) is 15.9. The smallest absolute Gasteiger partial charge is 0.302 e. The Kier molecular flexibility index (Phi) is 9.91. The first kappa shape index (κ1) is 21.4. The van der Waals surface area contributed by atoms with Crippen molar-refractivity contribution in [1.29, 1.82) is 0 Å². The summed E-state index contributed by atoms with van der Waals surface area (Å²) < 4.78 is 16.9. The number of rotatable bonds is 13.